The van der Waals surface area contributed by atoms with Crippen LogP contribution in [0.4, 0.5) is 20.4 Å². The maximum Gasteiger partial charge on any atom is 0.258 e. The van der Waals surface area contributed by atoms with Crippen molar-refractivity contribution in [1.82, 2.24) is 9.97 Å². The van der Waals surface area contributed by atoms with E-state index in [0.29, 0.717) is 5.56 Å². The normalized spacial score (nSPS) is 10.3. The summed E-state index contributed by atoms with van der Waals surface area (Å²) in [6.07, 6.45) is 2.62. The summed E-state index contributed by atoms with van der Waals surface area (Å²) in [6, 6.07) is 12.2. The number of nitrogens with one attached hydrogen (secondary N) is 2. The average molecular weight is 340 g/mol. The van der Waals surface area contributed by atoms with Crippen LogP contribution in [0.5, 0.6) is 0 Å². The number of hydrogen-bond acceptors (Lipinski definition) is 4. The van der Waals surface area contributed by atoms with Gasteiger partial charge in [-0.1, -0.05) is 30.3 Å². The second-order valence-corrected chi connectivity index (χ2v) is 5.17. The fourth-order valence-electron chi connectivity index (χ4n) is 2.11. The molecule has 0 spiro atoms. The Labute approximate surface area is 142 Å². The number of amides is 1. The summed E-state index contributed by atoms with van der Waals surface area (Å²) in [5.74, 6) is -1.12. The van der Waals surface area contributed by atoms with Gasteiger partial charge in [0.25, 0.3) is 5.91 Å². The Kier molecular flexibility index (Phi) is 4.94. The first kappa shape index (κ1) is 16.5. The molecule has 2 aromatic carbocycles. The van der Waals surface area contributed by atoms with Crippen LogP contribution in [0.15, 0.2) is 60.9 Å². The minimum atomic E-state index is -0.528. The van der Waals surface area contributed by atoms with Gasteiger partial charge < -0.3 is 10.6 Å². The predicted octanol–water partition coefficient (Wildman–Crippen LogP) is 3.62. The molecule has 0 aliphatic heterocycles. The van der Waals surface area contributed by atoms with Gasteiger partial charge in [0.1, 0.15) is 11.6 Å². The van der Waals surface area contributed by atoms with Crippen molar-refractivity contribution in [2.45, 2.75) is 6.54 Å². The average Bonchev–Trinajstić information content (AvgIpc) is 2.63. The van der Waals surface area contributed by atoms with Crippen LogP contribution in [0.25, 0.3) is 0 Å². The molecule has 7 heteroatoms. The van der Waals surface area contributed by atoms with E-state index < -0.39 is 11.7 Å². The molecule has 5 nitrogen and oxygen atoms in total. The van der Waals surface area contributed by atoms with E-state index in [-0.39, 0.29) is 29.6 Å². The summed E-state index contributed by atoms with van der Waals surface area (Å²) in [5, 5.41) is 5.32. The summed E-state index contributed by atoms with van der Waals surface area (Å²) in [6.45, 7) is 0.216. The smallest absolute Gasteiger partial charge is 0.258 e. The standard InChI is InChI=1S/C18H14F2N4O/c19-14-6-2-1-5-12(14)9-21-18-22-10-13(11-23-18)17(25)24-16-8-4-3-7-15(16)20/h1-8,10-11H,9H2,(H,24,25)(H,21,22,23). The molecular weight excluding hydrogens is 326 g/mol. The van der Waals surface area contributed by atoms with Gasteiger partial charge in [0.05, 0.1) is 11.3 Å². The van der Waals surface area contributed by atoms with Crippen molar-refractivity contribution in [1.29, 1.82) is 0 Å². The Bertz CT molecular complexity index is 884. The highest BCUT2D eigenvalue weighted by molar-refractivity contribution is 6.03. The van der Waals surface area contributed by atoms with Crippen LogP contribution >= 0.6 is 0 Å². The second kappa shape index (κ2) is 7.48. The molecule has 0 unspecified atom stereocenters. The first-order valence-electron chi connectivity index (χ1n) is 7.48. The number of anilines is 2. The first-order chi connectivity index (χ1) is 12.1. The predicted molar refractivity (Wildman–Crippen MR) is 90.1 cm³/mol. The molecule has 0 saturated carbocycles. The van der Waals surface area contributed by atoms with Gasteiger partial charge >= 0.3 is 0 Å². The summed E-state index contributed by atoms with van der Waals surface area (Å²) < 4.78 is 27.1. The van der Waals surface area contributed by atoms with Crippen molar-refractivity contribution in [2.75, 3.05) is 10.6 Å². The summed E-state index contributed by atoms with van der Waals surface area (Å²) in [7, 11) is 0. The number of carbonyl (C=O) groups excluding carboxylic acids is 1. The fourth-order valence-corrected chi connectivity index (χ4v) is 2.11. The second-order valence-electron chi connectivity index (χ2n) is 5.17. The SMILES string of the molecule is O=C(Nc1ccccc1F)c1cnc(NCc2ccccc2F)nc1. The quantitative estimate of drug-likeness (QED) is 0.744. The maximum absolute atomic E-state index is 13.5. The number of nitrogens with zero attached hydrogens (tertiary/aromatic N) is 2. The lowest BCUT2D eigenvalue weighted by atomic mass is 10.2. The highest BCUT2D eigenvalue weighted by atomic mass is 19.1. The Balaban J connectivity index is 1.63. The molecule has 0 aliphatic carbocycles. The summed E-state index contributed by atoms with van der Waals surface area (Å²) in [5.41, 5.74) is 0.737. The van der Waals surface area contributed by atoms with E-state index in [4.69, 9.17) is 0 Å². The molecule has 0 atom stereocenters. The van der Waals surface area contributed by atoms with Crippen molar-refractivity contribution in [2.24, 2.45) is 0 Å². The van der Waals surface area contributed by atoms with E-state index >= 15 is 0 Å². The molecule has 25 heavy (non-hydrogen) atoms. The van der Waals surface area contributed by atoms with Crippen LogP contribution in [0, 0.1) is 11.6 Å². The molecule has 126 valence electrons. The number of para-hydroxylation sites is 1. The topological polar surface area (TPSA) is 66.9 Å². The number of benzene rings is 2. The first-order valence-corrected chi connectivity index (χ1v) is 7.48. The third-order valence-electron chi connectivity index (χ3n) is 3.43. The van der Waals surface area contributed by atoms with Crippen LogP contribution in [0.1, 0.15) is 15.9 Å². The third kappa shape index (κ3) is 4.14. The largest absolute Gasteiger partial charge is 0.350 e. The zero-order valence-corrected chi connectivity index (χ0v) is 13.0. The van der Waals surface area contributed by atoms with Gasteiger partial charge in [-0.2, -0.15) is 0 Å². The molecular formula is C18H14F2N4O. The number of aromatic nitrogens is 2. The molecule has 0 radical (unpaired) electrons. The minimum absolute atomic E-state index is 0.0780. The molecule has 1 amide bonds. The highest BCUT2D eigenvalue weighted by Gasteiger charge is 2.10. The zero-order chi connectivity index (χ0) is 17.6. The van der Waals surface area contributed by atoms with Crippen LogP contribution in [0.3, 0.4) is 0 Å². The lowest BCUT2D eigenvalue weighted by Gasteiger charge is -2.08. The van der Waals surface area contributed by atoms with Crippen molar-refractivity contribution in [3.05, 3.63) is 83.7 Å². The molecule has 3 aromatic rings. The van der Waals surface area contributed by atoms with Crippen LogP contribution < -0.4 is 10.6 Å². The van der Waals surface area contributed by atoms with Gasteiger partial charge in [0.15, 0.2) is 0 Å². The van der Waals surface area contributed by atoms with Crippen molar-refractivity contribution < 1.29 is 13.6 Å². The Morgan fingerprint density at radius 3 is 2.24 bits per heavy atom. The third-order valence-corrected chi connectivity index (χ3v) is 3.43. The molecule has 0 bridgehead atoms. The van der Waals surface area contributed by atoms with Gasteiger partial charge in [0.2, 0.25) is 5.95 Å². The molecule has 3 rings (SSSR count). The van der Waals surface area contributed by atoms with E-state index in [2.05, 4.69) is 20.6 Å². The van der Waals surface area contributed by atoms with Gasteiger partial charge in [0, 0.05) is 24.5 Å². The molecule has 1 aromatic heterocycles. The van der Waals surface area contributed by atoms with Crippen molar-refractivity contribution in [3.8, 4) is 0 Å². The number of carbonyl (C=O) groups is 1. The summed E-state index contributed by atoms with van der Waals surface area (Å²) >= 11 is 0. The van der Waals surface area contributed by atoms with Crippen LogP contribution in [-0.2, 0) is 6.54 Å². The summed E-state index contributed by atoms with van der Waals surface area (Å²) in [4.78, 5) is 20.1. The van der Waals surface area contributed by atoms with Crippen LogP contribution in [-0.4, -0.2) is 15.9 Å². The number of hydrogen-bond donors (Lipinski definition) is 2. The number of rotatable bonds is 5. The van der Waals surface area contributed by atoms with E-state index in [0.717, 1.165) is 0 Å². The Morgan fingerprint density at radius 1 is 0.920 bits per heavy atom. The minimum Gasteiger partial charge on any atom is -0.350 e. The van der Waals surface area contributed by atoms with E-state index in [9.17, 15) is 13.6 Å². The Hall–Kier alpha value is -3.35. The van der Waals surface area contributed by atoms with Gasteiger partial charge in [-0.05, 0) is 18.2 Å². The molecule has 0 aliphatic rings. The lowest BCUT2D eigenvalue weighted by Crippen LogP contribution is -2.14. The zero-order valence-electron chi connectivity index (χ0n) is 13.0. The van der Waals surface area contributed by atoms with Gasteiger partial charge in [-0.25, -0.2) is 18.7 Å². The van der Waals surface area contributed by atoms with Crippen LogP contribution in [0.2, 0.25) is 0 Å². The highest BCUT2D eigenvalue weighted by Crippen LogP contribution is 2.14. The van der Waals surface area contributed by atoms with E-state index in [1.165, 1.54) is 36.7 Å². The van der Waals surface area contributed by atoms with Gasteiger partial charge in [-0.15, -0.1) is 0 Å². The molecule has 2 N–H and O–H groups in total. The maximum atomic E-state index is 13.5. The fraction of sp³-hybridized carbons (Fsp3) is 0.0556. The number of halogens is 2. The van der Waals surface area contributed by atoms with E-state index in [1.807, 2.05) is 0 Å². The molecule has 1 heterocycles. The van der Waals surface area contributed by atoms with Gasteiger partial charge in [-0.3, -0.25) is 4.79 Å². The molecule has 0 saturated heterocycles. The van der Waals surface area contributed by atoms with Crippen molar-refractivity contribution >= 4 is 17.5 Å². The van der Waals surface area contributed by atoms with Crippen molar-refractivity contribution in [3.63, 3.8) is 0 Å². The van der Waals surface area contributed by atoms with E-state index in [1.54, 1.807) is 24.3 Å². The monoisotopic (exact) mass is 340 g/mol. The Morgan fingerprint density at radius 2 is 1.56 bits per heavy atom. The molecule has 0 fully saturated rings. The lowest BCUT2D eigenvalue weighted by molar-refractivity contribution is 0.102.